The summed E-state index contributed by atoms with van der Waals surface area (Å²) in [5, 5.41) is 2.40. The topological polar surface area (TPSA) is 6.48 Å². The molecular weight excluding hydrogens is 460 g/mol. The van der Waals surface area contributed by atoms with Crippen molar-refractivity contribution < 1.29 is 0 Å². The van der Waals surface area contributed by atoms with Crippen LogP contribution in [0, 0.1) is 13.8 Å². The van der Waals surface area contributed by atoms with E-state index in [0.717, 1.165) is 34.1 Å². The Labute approximate surface area is 225 Å². The Bertz CT molecular complexity index is 1690. The van der Waals surface area contributed by atoms with Crippen molar-refractivity contribution in [2.75, 3.05) is 9.80 Å². The minimum Gasteiger partial charge on any atom is -0.310 e. The molecule has 0 amide bonds. The van der Waals surface area contributed by atoms with Crippen LogP contribution >= 0.6 is 0 Å². The van der Waals surface area contributed by atoms with Gasteiger partial charge in [0.25, 0.3) is 0 Å². The molecule has 0 unspecified atom stereocenters. The van der Waals surface area contributed by atoms with Gasteiger partial charge < -0.3 is 9.80 Å². The first-order valence-electron chi connectivity index (χ1n) is 13.0. The molecule has 0 saturated carbocycles. The minimum absolute atomic E-state index is 1.11. The van der Waals surface area contributed by atoms with Gasteiger partial charge in [0.15, 0.2) is 0 Å². The Balaban J connectivity index is 1.65. The average Bonchev–Trinajstić information content (AvgIpc) is 2.95. The lowest BCUT2D eigenvalue weighted by Crippen LogP contribution is -2.14. The SMILES string of the molecule is Cc1cccc(N(c2ccccc2)c2cc(N(c3ccccc3)c3cccc(C)c3)c3ccccc3c2)c1. The number of nitrogens with zero attached hydrogens (tertiary/aromatic N) is 2. The zero-order valence-corrected chi connectivity index (χ0v) is 21.8. The van der Waals surface area contributed by atoms with Crippen LogP contribution in [0.5, 0.6) is 0 Å². The number of fused-ring (bicyclic) bond motifs is 1. The Hall–Kier alpha value is -4.82. The first-order chi connectivity index (χ1) is 18.7. The molecule has 0 aliphatic rings. The molecule has 0 heterocycles. The van der Waals surface area contributed by atoms with E-state index in [1.807, 2.05) is 0 Å². The molecule has 0 spiro atoms. The number of hydrogen-bond acceptors (Lipinski definition) is 2. The molecule has 6 aromatic carbocycles. The third kappa shape index (κ3) is 4.65. The standard InChI is InChI=1S/C36H30N2/c1-27-13-11-20-32(23-27)37(30-16-5-3-6-17-30)34-25-29-15-9-10-22-35(29)36(26-34)38(31-18-7-4-8-19-31)33-21-12-14-28(2)24-33/h3-26H,1-2H3. The number of anilines is 6. The van der Waals surface area contributed by atoms with Gasteiger partial charge in [0.2, 0.25) is 0 Å². The van der Waals surface area contributed by atoms with Crippen molar-refractivity contribution in [1.29, 1.82) is 0 Å². The Morgan fingerprint density at radius 3 is 1.47 bits per heavy atom. The van der Waals surface area contributed by atoms with Gasteiger partial charge in [0, 0.05) is 33.8 Å². The Kier molecular flexibility index (Phi) is 6.37. The summed E-state index contributed by atoms with van der Waals surface area (Å²) in [4.78, 5) is 4.72. The predicted molar refractivity (Wildman–Crippen MR) is 163 cm³/mol. The molecule has 0 fully saturated rings. The summed E-state index contributed by atoms with van der Waals surface area (Å²) in [7, 11) is 0. The highest BCUT2D eigenvalue weighted by atomic mass is 15.2. The van der Waals surface area contributed by atoms with Crippen LogP contribution in [0.15, 0.2) is 146 Å². The van der Waals surface area contributed by atoms with E-state index >= 15 is 0 Å². The fourth-order valence-electron chi connectivity index (χ4n) is 5.15. The van der Waals surface area contributed by atoms with Crippen LogP contribution in [-0.2, 0) is 0 Å². The van der Waals surface area contributed by atoms with Crippen LogP contribution < -0.4 is 9.80 Å². The first-order valence-corrected chi connectivity index (χ1v) is 13.0. The molecule has 0 atom stereocenters. The van der Waals surface area contributed by atoms with Gasteiger partial charge in [-0.15, -0.1) is 0 Å². The van der Waals surface area contributed by atoms with E-state index in [2.05, 4.69) is 169 Å². The largest absolute Gasteiger partial charge is 0.310 e. The average molecular weight is 491 g/mol. The molecule has 0 saturated heterocycles. The summed E-state index contributed by atoms with van der Waals surface area (Å²) in [6.07, 6.45) is 0. The fraction of sp³-hybridized carbons (Fsp3) is 0.0556. The van der Waals surface area contributed by atoms with Crippen molar-refractivity contribution in [3.63, 3.8) is 0 Å². The van der Waals surface area contributed by atoms with E-state index in [0.29, 0.717) is 0 Å². The van der Waals surface area contributed by atoms with E-state index in [4.69, 9.17) is 0 Å². The monoisotopic (exact) mass is 490 g/mol. The molecule has 0 aromatic heterocycles. The van der Waals surface area contributed by atoms with Crippen molar-refractivity contribution in [2.24, 2.45) is 0 Å². The smallest absolute Gasteiger partial charge is 0.0560 e. The highest BCUT2D eigenvalue weighted by molar-refractivity contribution is 6.02. The van der Waals surface area contributed by atoms with Crippen LogP contribution in [0.4, 0.5) is 34.1 Å². The second kappa shape index (κ2) is 10.3. The van der Waals surface area contributed by atoms with Gasteiger partial charge in [-0.05, 0) is 91.0 Å². The lowest BCUT2D eigenvalue weighted by Gasteiger charge is -2.31. The predicted octanol–water partition coefficient (Wildman–Crippen LogP) is 10.4. The Morgan fingerprint density at radius 2 is 0.868 bits per heavy atom. The highest BCUT2D eigenvalue weighted by Crippen LogP contribution is 2.44. The van der Waals surface area contributed by atoms with Gasteiger partial charge in [0.05, 0.1) is 5.69 Å². The van der Waals surface area contributed by atoms with Gasteiger partial charge in [0.1, 0.15) is 0 Å². The van der Waals surface area contributed by atoms with Gasteiger partial charge in [-0.3, -0.25) is 0 Å². The van der Waals surface area contributed by atoms with Crippen molar-refractivity contribution in [3.8, 4) is 0 Å². The van der Waals surface area contributed by atoms with Gasteiger partial charge in [-0.1, -0.05) is 84.9 Å². The van der Waals surface area contributed by atoms with Gasteiger partial charge in [-0.25, -0.2) is 0 Å². The summed E-state index contributed by atoms with van der Waals surface area (Å²) >= 11 is 0. The number of hydrogen-bond donors (Lipinski definition) is 0. The summed E-state index contributed by atoms with van der Waals surface area (Å²) < 4.78 is 0. The quantitative estimate of drug-likeness (QED) is 0.229. The van der Waals surface area contributed by atoms with Crippen LogP contribution in [0.3, 0.4) is 0 Å². The molecule has 184 valence electrons. The molecular formula is C36H30N2. The summed E-state index contributed by atoms with van der Waals surface area (Å²) in [5.41, 5.74) is 9.25. The molecule has 6 rings (SSSR count). The molecule has 2 nitrogen and oxygen atoms in total. The maximum absolute atomic E-state index is 2.37. The number of para-hydroxylation sites is 2. The maximum Gasteiger partial charge on any atom is 0.0560 e. The normalized spacial score (nSPS) is 10.9. The number of aryl methyl sites for hydroxylation is 2. The minimum atomic E-state index is 1.11. The van der Waals surface area contributed by atoms with Crippen molar-refractivity contribution in [2.45, 2.75) is 13.8 Å². The second-order valence-electron chi connectivity index (χ2n) is 9.71. The lowest BCUT2D eigenvalue weighted by molar-refractivity contribution is 1.25. The summed E-state index contributed by atoms with van der Waals surface area (Å²) in [6, 6.07) is 52.0. The fourth-order valence-corrected chi connectivity index (χ4v) is 5.15. The Morgan fingerprint density at radius 1 is 0.368 bits per heavy atom. The van der Waals surface area contributed by atoms with Gasteiger partial charge in [-0.2, -0.15) is 0 Å². The van der Waals surface area contributed by atoms with Crippen LogP contribution in [0.2, 0.25) is 0 Å². The number of benzene rings is 6. The van der Waals surface area contributed by atoms with Crippen LogP contribution in [0.1, 0.15) is 11.1 Å². The molecule has 0 N–H and O–H groups in total. The molecule has 38 heavy (non-hydrogen) atoms. The lowest BCUT2D eigenvalue weighted by atomic mass is 10.0. The van der Waals surface area contributed by atoms with Crippen molar-refractivity contribution >= 4 is 44.9 Å². The molecule has 0 radical (unpaired) electrons. The van der Waals surface area contributed by atoms with E-state index in [1.165, 1.54) is 21.9 Å². The zero-order valence-electron chi connectivity index (χ0n) is 21.8. The summed E-state index contributed by atoms with van der Waals surface area (Å²) in [6.45, 7) is 4.30. The molecule has 6 aromatic rings. The number of rotatable bonds is 6. The van der Waals surface area contributed by atoms with E-state index < -0.39 is 0 Å². The maximum atomic E-state index is 2.37. The van der Waals surface area contributed by atoms with E-state index in [1.54, 1.807) is 0 Å². The molecule has 0 aliphatic heterocycles. The first kappa shape index (κ1) is 23.6. The summed E-state index contributed by atoms with van der Waals surface area (Å²) in [5.74, 6) is 0. The zero-order chi connectivity index (χ0) is 25.9. The highest BCUT2D eigenvalue weighted by Gasteiger charge is 2.20. The van der Waals surface area contributed by atoms with E-state index in [9.17, 15) is 0 Å². The van der Waals surface area contributed by atoms with Crippen molar-refractivity contribution in [1.82, 2.24) is 0 Å². The van der Waals surface area contributed by atoms with E-state index in [-0.39, 0.29) is 0 Å². The van der Waals surface area contributed by atoms with Crippen LogP contribution in [-0.4, -0.2) is 0 Å². The van der Waals surface area contributed by atoms with Crippen molar-refractivity contribution in [3.05, 3.63) is 157 Å². The third-order valence-corrected chi connectivity index (χ3v) is 6.87. The second-order valence-corrected chi connectivity index (χ2v) is 9.71. The molecule has 0 aliphatic carbocycles. The van der Waals surface area contributed by atoms with Crippen LogP contribution in [0.25, 0.3) is 10.8 Å². The molecule has 2 heteroatoms. The van der Waals surface area contributed by atoms with Gasteiger partial charge >= 0.3 is 0 Å². The molecule has 0 bridgehead atoms. The third-order valence-electron chi connectivity index (χ3n) is 6.87.